The SMILES string of the molecule is CC(C)=C1[C@@H]2CC3C[C@H]1CC(F)(C3)C2. The van der Waals surface area contributed by atoms with E-state index in [2.05, 4.69) is 13.8 Å². The van der Waals surface area contributed by atoms with Crippen molar-refractivity contribution < 1.29 is 4.39 Å². The standard InChI is InChI=1S/C13H19F/c1-8(2)12-10-3-9-4-11(12)7-13(14,5-9)6-10/h9-11H,3-7H2,1-2H3/t9?,10-,11+,13?. The molecular formula is C13H19F. The van der Waals surface area contributed by atoms with Crippen LogP contribution in [0.15, 0.2) is 11.1 Å². The van der Waals surface area contributed by atoms with Gasteiger partial charge in [-0.3, -0.25) is 0 Å². The summed E-state index contributed by atoms with van der Waals surface area (Å²) >= 11 is 0. The molecule has 4 atom stereocenters. The first-order valence-corrected chi connectivity index (χ1v) is 5.93. The molecule has 1 heteroatoms. The minimum atomic E-state index is -0.768. The Morgan fingerprint density at radius 2 is 1.71 bits per heavy atom. The van der Waals surface area contributed by atoms with E-state index in [1.807, 2.05) is 0 Å². The summed E-state index contributed by atoms with van der Waals surface area (Å²) in [5.74, 6) is 1.92. The summed E-state index contributed by atoms with van der Waals surface area (Å²) in [5, 5.41) is 0. The zero-order valence-electron chi connectivity index (χ0n) is 9.15. The molecule has 0 aliphatic heterocycles. The molecule has 0 aromatic heterocycles. The second-order valence-electron chi connectivity index (χ2n) is 5.95. The van der Waals surface area contributed by atoms with Gasteiger partial charge in [0.05, 0.1) is 0 Å². The lowest BCUT2D eigenvalue weighted by molar-refractivity contribution is -0.0414. The van der Waals surface area contributed by atoms with Crippen molar-refractivity contribution in [3.05, 3.63) is 11.1 Å². The van der Waals surface area contributed by atoms with E-state index >= 15 is 0 Å². The van der Waals surface area contributed by atoms with Gasteiger partial charge in [-0.25, -0.2) is 4.39 Å². The normalized spacial score (nSPS) is 49.9. The predicted molar refractivity (Wildman–Crippen MR) is 55.8 cm³/mol. The highest BCUT2D eigenvalue weighted by atomic mass is 19.1. The Balaban J connectivity index is 2.01. The minimum Gasteiger partial charge on any atom is -0.244 e. The van der Waals surface area contributed by atoms with Crippen LogP contribution in [0.4, 0.5) is 4.39 Å². The summed E-state index contributed by atoms with van der Waals surface area (Å²) in [4.78, 5) is 0. The maximum absolute atomic E-state index is 14.3. The molecule has 0 radical (unpaired) electrons. The molecule has 0 spiro atoms. The van der Waals surface area contributed by atoms with Gasteiger partial charge < -0.3 is 0 Å². The van der Waals surface area contributed by atoms with Crippen molar-refractivity contribution in [3.8, 4) is 0 Å². The fraction of sp³-hybridized carbons (Fsp3) is 0.846. The average molecular weight is 194 g/mol. The van der Waals surface area contributed by atoms with Crippen molar-refractivity contribution in [2.75, 3.05) is 0 Å². The molecule has 14 heavy (non-hydrogen) atoms. The summed E-state index contributed by atoms with van der Waals surface area (Å²) in [5.41, 5.74) is 2.34. The maximum Gasteiger partial charge on any atom is 0.112 e. The molecule has 2 unspecified atom stereocenters. The number of alkyl halides is 1. The first kappa shape index (κ1) is 8.94. The van der Waals surface area contributed by atoms with Crippen LogP contribution in [0.5, 0.6) is 0 Å². The van der Waals surface area contributed by atoms with Crippen molar-refractivity contribution in [1.82, 2.24) is 0 Å². The lowest BCUT2D eigenvalue weighted by Crippen LogP contribution is -2.49. The number of hydrogen-bond donors (Lipinski definition) is 0. The highest BCUT2D eigenvalue weighted by Gasteiger charge is 2.53. The molecule has 4 fully saturated rings. The quantitative estimate of drug-likeness (QED) is 0.513. The Hall–Kier alpha value is -0.330. The topological polar surface area (TPSA) is 0 Å². The molecule has 0 aromatic rings. The van der Waals surface area contributed by atoms with Crippen LogP contribution in [0, 0.1) is 17.8 Å². The fourth-order valence-corrected chi connectivity index (χ4v) is 4.51. The molecule has 4 saturated carbocycles. The summed E-state index contributed by atoms with van der Waals surface area (Å²) in [6.45, 7) is 4.42. The average Bonchev–Trinajstić information content (AvgIpc) is 1.97. The van der Waals surface area contributed by atoms with Crippen LogP contribution in [0.2, 0.25) is 0 Å². The van der Waals surface area contributed by atoms with Gasteiger partial charge in [-0.1, -0.05) is 11.1 Å². The zero-order chi connectivity index (χ0) is 9.92. The van der Waals surface area contributed by atoms with Gasteiger partial charge in [-0.15, -0.1) is 0 Å². The van der Waals surface area contributed by atoms with Crippen LogP contribution in [0.3, 0.4) is 0 Å². The van der Waals surface area contributed by atoms with Gasteiger partial charge in [0.15, 0.2) is 0 Å². The highest BCUT2D eigenvalue weighted by Crippen LogP contribution is 2.60. The first-order valence-electron chi connectivity index (χ1n) is 5.93. The molecule has 0 saturated heterocycles. The lowest BCUT2D eigenvalue weighted by Gasteiger charge is -2.54. The van der Waals surface area contributed by atoms with Crippen molar-refractivity contribution >= 4 is 0 Å². The molecule has 78 valence electrons. The fourth-order valence-electron chi connectivity index (χ4n) is 4.51. The number of rotatable bonds is 0. The lowest BCUT2D eigenvalue weighted by atomic mass is 9.52. The Bertz CT molecular complexity index is 280. The third kappa shape index (κ3) is 1.11. The van der Waals surface area contributed by atoms with Crippen LogP contribution in [0.1, 0.15) is 46.0 Å². The molecule has 4 aliphatic carbocycles. The van der Waals surface area contributed by atoms with Gasteiger partial charge in [0, 0.05) is 0 Å². The molecular weight excluding hydrogens is 175 g/mol. The van der Waals surface area contributed by atoms with Crippen LogP contribution >= 0.6 is 0 Å². The Kier molecular flexibility index (Phi) is 1.67. The number of halogens is 1. The highest BCUT2D eigenvalue weighted by molar-refractivity contribution is 5.26. The van der Waals surface area contributed by atoms with Crippen LogP contribution in [-0.2, 0) is 0 Å². The second kappa shape index (κ2) is 2.62. The molecule has 4 aliphatic rings. The van der Waals surface area contributed by atoms with E-state index in [0.717, 1.165) is 19.3 Å². The Morgan fingerprint density at radius 3 is 2.14 bits per heavy atom. The van der Waals surface area contributed by atoms with E-state index in [9.17, 15) is 4.39 Å². The largest absolute Gasteiger partial charge is 0.244 e. The molecule has 4 rings (SSSR count). The van der Waals surface area contributed by atoms with Crippen molar-refractivity contribution in [2.24, 2.45) is 17.8 Å². The summed E-state index contributed by atoms with van der Waals surface area (Å²) in [7, 11) is 0. The Morgan fingerprint density at radius 1 is 1.14 bits per heavy atom. The second-order valence-corrected chi connectivity index (χ2v) is 5.95. The van der Waals surface area contributed by atoms with Gasteiger partial charge in [0.2, 0.25) is 0 Å². The molecule has 0 heterocycles. The van der Waals surface area contributed by atoms with Gasteiger partial charge in [-0.2, -0.15) is 0 Å². The van der Waals surface area contributed by atoms with Gasteiger partial charge >= 0.3 is 0 Å². The Labute approximate surface area is 85.6 Å². The van der Waals surface area contributed by atoms with E-state index in [4.69, 9.17) is 0 Å². The maximum atomic E-state index is 14.3. The molecule has 0 aromatic carbocycles. The molecule has 0 nitrogen and oxygen atoms in total. The van der Waals surface area contributed by atoms with Gasteiger partial charge in [0.1, 0.15) is 5.67 Å². The zero-order valence-corrected chi connectivity index (χ0v) is 9.15. The third-order valence-electron chi connectivity index (χ3n) is 4.57. The van der Waals surface area contributed by atoms with Crippen LogP contribution in [0.25, 0.3) is 0 Å². The van der Waals surface area contributed by atoms with E-state index in [1.54, 1.807) is 5.57 Å². The van der Waals surface area contributed by atoms with Crippen molar-refractivity contribution in [1.29, 1.82) is 0 Å². The minimum absolute atomic E-state index is 0.608. The molecule has 0 amide bonds. The van der Waals surface area contributed by atoms with E-state index in [-0.39, 0.29) is 0 Å². The summed E-state index contributed by atoms with van der Waals surface area (Å²) < 4.78 is 14.3. The van der Waals surface area contributed by atoms with Crippen LogP contribution in [-0.4, -0.2) is 5.67 Å². The summed E-state index contributed by atoms with van der Waals surface area (Å²) in [6, 6.07) is 0. The summed E-state index contributed by atoms with van der Waals surface area (Å²) in [6.07, 6.45) is 5.10. The van der Waals surface area contributed by atoms with Gasteiger partial charge in [-0.05, 0) is 63.7 Å². The first-order chi connectivity index (χ1) is 6.57. The predicted octanol–water partition coefficient (Wildman–Crippen LogP) is 3.87. The number of allylic oxidation sites excluding steroid dienone is 2. The number of hydrogen-bond acceptors (Lipinski definition) is 0. The van der Waals surface area contributed by atoms with Crippen molar-refractivity contribution in [3.63, 3.8) is 0 Å². The molecule has 4 bridgehead atoms. The molecule has 0 N–H and O–H groups in total. The van der Waals surface area contributed by atoms with E-state index in [0.29, 0.717) is 17.8 Å². The van der Waals surface area contributed by atoms with Crippen LogP contribution < -0.4 is 0 Å². The van der Waals surface area contributed by atoms with E-state index < -0.39 is 5.67 Å². The van der Waals surface area contributed by atoms with E-state index in [1.165, 1.54) is 18.4 Å². The monoisotopic (exact) mass is 194 g/mol. The third-order valence-corrected chi connectivity index (χ3v) is 4.57. The smallest absolute Gasteiger partial charge is 0.112 e. The van der Waals surface area contributed by atoms with Crippen molar-refractivity contribution in [2.45, 2.75) is 51.6 Å². The van der Waals surface area contributed by atoms with Gasteiger partial charge in [0.25, 0.3) is 0 Å².